The normalized spacial score (nSPS) is 26.6. The van der Waals surface area contributed by atoms with E-state index in [1.807, 2.05) is 26.4 Å². The molecule has 2 aromatic rings. The second-order valence-corrected chi connectivity index (χ2v) is 8.72. The molecule has 8 nitrogen and oxygen atoms in total. The predicted molar refractivity (Wildman–Crippen MR) is 112 cm³/mol. The number of nitrogens with zero attached hydrogens (tertiary/aromatic N) is 4. The van der Waals surface area contributed by atoms with Crippen LogP contribution in [0.25, 0.3) is 0 Å². The summed E-state index contributed by atoms with van der Waals surface area (Å²) in [6.45, 7) is 5.10. The second-order valence-electron chi connectivity index (χ2n) is 8.72. The van der Waals surface area contributed by atoms with E-state index in [2.05, 4.69) is 24.8 Å². The van der Waals surface area contributed by atoms with Crippen LogP contribution in [0.3, 0.4) is 0 Å². The van der Waals surface area contributed by atoms with Crippen LogP contribution in [0.5, 0.6) is 0 Å². The standard InChI is InChI=1S/C22H31N5O3/c1-21(25-19(28)17-3-9-23-10-4-17)8-16-30-22(20(21)29)6-13-27(14-7-22)12-5-18-24-11-15-26(18)2/h3-4,9-11,15,20,29H,5-8,12-14,16H2,1-2H3,(H,25,28)/t20-,21+/m0/s1. The summed E-state index contributed by atoms with van der Waals surface area (Å²) < 4.78 is 8.22. The highest BCUT2D eigenvalue weighted by Gasteiger charge is 2.53. The van der Waals surface area contributed by atoms with Crippen molar-refractivity contribution in [3.05, 3.63) is 48.3 Å². The predicted octanol–water partition coefficient (Wildman–Crippen LogP) is 1.16. The van der Waals surface area contributed by atoms with E-state index >= 15 is 0 Å². The first-order valence-electron chi connectivity index (χ1n) is 10.6. The highest BCUT2D eigenvalue weighted by Crippen LogP contribution is 2.40. The summed E-state index contributed by atoms with van der Waals surface area (Å²) in [4.78, 5) is 23.5. The van der Waals surface area contributed by atoms with Gasteiger partial charge in [-0.2, -0.15) is 0 Å². The van der Waals surface area contributed by atoms with Crippen molar-refractivity contribution in [1.82, 2.24) is 24.8 Å². The molecule has 0 aromatic carbocycles. The van der Waals surface area contributed by atoms with Crippen LogP contribution in [-0.2, 0) is 18.2 Å². The van der Waals surface area contributed by atoms with Gasteiger partial charge in [0.15, 0.2) is 0 Å². The largest absolute Gasteiger partial charge is 0.388 e. The minimum absolute atomic E-state index is 0.191. The van der Waals surface area contributed by atoms with Crippen LogP contribution in [0.15, 0.2) is 36.9 Å². The fraction of sp³-hybridized carbons (Fsp3) is 0.591. The molecule has 8 heteroatoms. The SMILES string of the molecule is Cn1ccnc1CCN1CCC2(CC1)OCC[C@@](C)(NC(=O)c1ccncc1)[C@@H]2O. The minimum atomic E-state index is -0.763. The Kier molecular flexibility index (Phi) is 5.90. The third-order valence-corrected chi connectivity index (χ3v) is 6.73. The number of rotatable bonds is 5. The molecule has 1 spiro atoms. The van der Waals surface area contributed by atoms with Gasteiger partial charge in [-0.1, -0.05) is 0 Å². The van der Waals surface area contributed by atoms with E-state index in [-0.39, 0.29) is 5.91 Å². The maximum Gasteiger partial charge on any atom is 0.251 e. The molecule has 0 unspecified atom stereocenters. The molecule has 162 valence electrons. The van der Waals surface area contributed by atoms with Crippen LogP contribution in [0.4, 0.5) is 0 Å². The Morgan fingerprint density at radius 1 is 1.27 bits per heavy atom. The summed E-state index contributed by atoms with van der Waals surface area (Å²) in [6.07, 6.45) is 9.20. The minimum Gasteiger partial charge on any atom is -0.388 e. The van der Waals surface area contributed by atoms with Gasteiger partial charge in [-0.15, -0.1) is 0 Å². The van der Waals surface area contributed by atoms with Gasteiger partial charge in [-0.05, 0) is 38.3 Å². The van der Waals surface area contributed by atoms with Crippen LogP contribution in [0.2, 0.25) is 0 Å². The third-order valence-electron chi connectivity index (χ3n) is 6.73. The summed E-state index contributed by atoms with van der Waals surface area (Å²) in [5.74, 6) is 0.888. The molecule has 0 radical (unpaired) electrons. The first kappa shape index (κ1) is 21.0. The maximum atomic E-state index is 12.7. The lowest BCUT2D eigenvalue weighted by molar-refractivity contribution is -0.205. The molecule has 2 aliphatic heterocycles. The average molecular weight is 414 g/mol. The quantitative estimate of drug-likeness (QED) is 0.764. The van der Waals surface area contributed by atoms with Gasteiger partial charge in [-0.3, -0.25) is 9.78 Å². The molecule has 2 aliphatic rings. The molecule has 1 amide bonds. The summed E-state index contributed by atoms with van der Waals surface area (Å²) in [7, 11) is 2.01. The summed E-state index contributed by atoms with van der Waals surface area (Å²) >= 11 is 0. The number of hydrogen-bond acceptors (Lipinski definition) is 6. The molecular formula is C22H31N5O3. The van der Waals surface area contributed by atoms with Crippen LogP contribution >= 0.6 is 0 Å². The zero-order valence-electron chi connectivity index (χ0n) is 17.8. The van der Waals surface area contributed by atoms with Gasteiger partial charge in [0.1, 0.15) is 11.9 Å². The number of hydrogen-bond donors (Lipinski definition) is 2. The molecule has 2 atom stereocenters. The van der Waals surface area contributed by atoms with Gasteiger partial charge in [-0.25, -0.2) is 4.98 Å². The van der Waals surface area contributed by atoms with E-state index in [4.69, 9.17) is 4.74 Å². The van der Waals surface area contributed by atoms with Crippen molar-refractivity contribution >= 4 is 5.91 Å². The number of aliphatic hydroxyl groups excluding tert-OH is 1. The van der Waals surface area contributed by atoms with Gasteiger partial charge in [0.25, 0.3) is 5.91 Å². The van der Waals surface area contributed by atoms with Crippen molar-refractivity contribution in [2.45, 2.75) is 49.9 Å². The van der Waals surface area contributed by atoms with Crippen LogP contribution in [0, 0.1) is 0 Å². The number of pyridine rings is 1. The lowest BCUT2D eigenvalue weighted by Crippen LogP contribution is -2.69. The molecule has 2 N–H and O–H groups in total. The van der Waals surface area contributed by atoms with Crippen LogP contribution in [-0.4, -0.2) is 73.9 Å². The number of aryl methyl sites for hydroxylation is 1. The topological polar surface area (TPSA) is 92.5 Å². The van der Waals surface area contributed by atoms with E-state index in [9.17, 15) is 9.90 Å². The van der Waals surface area contributed by atoms with Crippen molar-refractivity contribution in [2.75, 3.05) is 26.2 Å². The Labute approximate surface area is 177 Å². The fourth-order valence-corrected chi connectivity index (χ4v) is 4.70. The molecule has 30 heavy (non-hydrogen) atoms. The molecule has 0 aliphatic carbocycles. The van der Waals surface area contributed by atoms with Gasteiger partial charge in [0, 0.05) is 70.1 Å². The van der Waals surface area contributed by atoms with Gasteiger partial charge in [0.2, 0.25) is 0 Å². The lowest BCUT2D eigenvalue weighted by Gasteiger charge is -2.53. The number of nitrogens with one attached hydrogen (secondary N) is 1. The number of piperidine rings is 1. The maximum absolute atomic E-state index is 12.7. The van der Waals surface area contributed by atoms with Gasteiger partial charge in [0.05, 0.1) is 11.1 Å². The third kappa shape index (κ3) is 4.12. The van der Waals surface area contributed by atoms with Crippen molar-refractivity contribution in [2.24, 2.45) is 7.05 Å². The Balaban J connectivity index is 1.37. The first-order chi connectivity index (χ1) is 14.4. The molecule has 0 saturated carbocycles. The number of amides is 1. The molecule has 4 heterocycles. The van der Waals surface area contributed by atoms with E-state index < -0.39 is 17.2 Å². The van der Waals surface area contributed by atoms with Crippen LogP contribution in [0.1, 0.15) is 42.4 Å². The van der Waals surface area contributed by atoms with Gasteiger partial charge < -0.3 is 24.6 Å². The number of likely N-dealkylation sites (tertiary alicyclic amines) is 1. The number of ether oxygens (including phenoxy) is 1. The van der Waals surface area contributed by atoms with Crippen molar-refractivity contribution in [3.63, 3.8) is 0 Å². The number of aliphatic hydroxyl groups is 1. The van der Waals surface area contributed by atoms with Gasteiger partial charge >= 0.3 is 0 Å². The Morgan fingerprint density at radius 3 is 2.67 bits per heavy atom. The number of carbonyl (C=O) groups is 1. The molecule has 4 rings (SSSR count). The van der Waals surface area contributed by atoms with Crippen molar-refractivity contribution in [1.29, 1.82) is 0 Å². The van der Waals surface area contributed by atoms with E-state index in [0.29, 0.717) is 18.6 Å². The average Bonchev–Trinajstić information content (AvgIpc) is 3.17. The monoisotopic (exact) mass is 413 g/mol. The molecular weight excluding hydrogens is 382 g/mol. The molecule has 2 fully saturated rings. The smallest absolute Gasteiger partial charge is 0.251 e. The van der Waals surface area contributed by atoms with E-state index in [1.54, 1.807) is 24.5 Å². The number of imidazole rings is 1. The number of aromatic nitrogens is 3. The molecule has 2 saturated heterocycles. The summed E-state index contributed by atoms with van der Waals surface area (Å²) in [5, 5.41) is 14.4. The molecule has 2 aromatic heterocycles. The van der Waals surface area contributed by atoms with Crippen molar-refractivity contribution < 1.29 is 14.6 Å². The van der Waals surface area contributed by atoms with E-state index in [0.717, 1.165) is 44.7 Å². The first-order valence-corrected chi connectivity index (χ1v) is 10.6. The fourth-order valence-electron chi connectivity index (χ4n) is 4.70. The highest BCUT2D eigenvalue weighted by atomic mass is 16.5. The zero-order valence-corrected chi connectivity index (χ0v) is 17.8. The Bertz CT molecular complexity index is 863. The second kappa shape index (κ2) is 8.45. The summed E-state index contributed by atoms with van der Waals surface area (Å²) in [5.41, 5.74) is -0.797. The van der Waals surface area contributed by atoms with E-state index in [1.165, 1.54) is 0 Å². The lowest BCUT2D eigenvalue weighted by atomic mass is 9.73. The molecule has 0 bridgehead atoms. The number of carbonyl (C=O) groups excluding carboxylic acids is 1. The Morgan fingerprint density at radius 2 is 2.00 bits per heavy atom. The summed E-state index contributed by atoms with van der Waals surface area (Å²) in [6, 6.07) is 3.36. The zero-order chi connectivity index (χ0) is 21.2. The van der Waals surface area contributed by atoms with Crippen LogP contribution < -0.4 is 5.32 Å². The van der Waals surface area contributed by atoms with Crippen molar-refractivity contribution in [3.8, 4) is 0 Å². The highest BCUT2D eigenvalue weighted by molar-refractivity contribution is 5.94. The Hall–Kier alpha value is -2.29.